The molecule has 0 bridgehead atoms. The highest BCUT2D eigenvalue weighted by Crippen LogP contribution is 2.33. The van der Waals surface area contributed by atoms with Crippen molar-refractivity contribution in [2.45, 2.75) is 45.3 Å². The first-order valence-electron chi connectivity index (χ1n) is 13.9. The number of aryl methyl sites for hydroxylation is 2. The van der Waals surface area contributed by atoms with E-state index in [9.17, 15) is 10.2 Å². The summed E-state index contributed by atoms with van der Waals surface area (Å²) in [5.74, 6) is 2.82. The molecule has 2 unspecified atom stereocenters. The van der Waals surface area contributed by atoms with Gasteiger partial charge in [0.15, 0.2) is 0 Å². The SMILES string of the molecule is Cc1ccc(OCC(O)COc2ccc(C(C)(C)c3ccc(OCC(O)COc4ccc(C)cc4)cc3)cc2)cc1. The molecule has 2 atom stereocenters. The van der Waals surface area contributed by atoms with Crippen LogP contribution in [0.2, 0.25) is 0 Å². The van der Waals surface area contributed by atoms with E-state index in [-0.39, 0.29) is 31.8 Å². The molecule has 0 aliphatic heterocycles. The first-order valence-corrected chi connectivity index (χ1v) is 13.9. The van der Waals surface area contributed by atoms with Crippen LogP contribution >= 0.6 is 0 Å². The van der Waals surface area contributed by atoms with E-state index in [1.54, 1.807) is 0 Å². The number of hydrogen-bond acceptors (Lipinski definition) is 6. The average molecular weight is 557 g/mol. The molecule has 0 spiro atoms. The van der Waals surface area contributed by atoms with Gasteiger partial charge in [-0.3, -0.25) is 0 Å². The molecule has 0 aliphatic rings. The second kappa shape index (κ2) is 14.1. The van der Waals surface area contributed by atoms with Crippen LogP contribution in [0.5, 0.6) is 23.0 Å². The molecule has 0 radical (unpaired) electrons. The van der Waals surface area contributed by atoms with Gasteiger partial charge in [-0.25, -0.2) is 0 Å². The fourth-order valence-corrected chi connectivity index (χ4v) is 4.24. The maximum atomic E-state index is 10.3. The van der Waals surface area contributed by atoms with Gasteiger partial charge in [-0.05, 0) is 73.5 Å². The minimum absolute atomic E-state index is 0.142. The van der Waals surface area contributed by atoms with Gasteiger partial charge in [0.05, 0.1) is 0 Å². The van der Waals surface area contributed by atoms with E-state index in [1.807, 2.05) is 111 Å². The summed E-state index contributed by atoms with van der Waals surface area (Å²) in [6.07, 6.45) is -1.48. The van der Waals surface area contributed by atoms with Crippen molar-refractivity contribution in [3.05, 3.63) is 119 Å². The molecule has 2 N–H and O–H groups in total. The Balaban J connectivity index is 1.22. The van der Waals surface area contributed by atoms with Crippen LogP contribution in [-0.4, -0.2) is 48.8 Å². The second-order valence-electron chi connectivity index (χ2n) is 10.9. The predicted octanol–water partition coefficient (Wildman–Crippen LogP) is 6.27. The Bertz CT molecular complexity index is 1220. The number of aliphatic hydroxyl groups excluding tert-OH is 2. The largest absolute Gasteiger partial charge is 0.491 e. The lowest BCUT2D eigenvalue weighted by atomic mass is 9.78. The summed E-state index contributed by atoms with van der Waals surface area (Å²) in [6, 6.07) is 31.3. The van der Waals surface area contributed by atoms with Crippen LogP contribution in [0.25, 0.3) is 0 Å². The van der Waals surface area contributed by atoms with E-state index in [0.717, 1.165) is 33.8 Å². The summed E-state index contributed by atoms with van der Waals surface area (Å²) in [6.45, 7) is 8.97. The third-order valence-electron chi connectivity index (χ3n) is 6.96. The average Bonchev–Trinajstić information content (AvgIpc) is 2.99. The van der Waals surface area contributed by atoms with Crippen molar-refractivity contribution in [2.75, 3.05) is 26.4 Å². The Morgan fingerprint density at radius 2 is 0.707 bits per heavy atom. The summed E-state index contributed by atoms with van der Waals surface area (Å²) < 4.78 is 22.8. The van der Waals surface area contributed by atoms with Gasteiger partial charge >= 0.3 is 0 Å². The molecular weight excluding hydrogens is 516 g/mol. The Morgan fingerprint density at radius 3 is 0.976 bits per heavy atom. The molecule has 0 aromatic heterocycles. The van der Waals surface area contributed by atoms with Crippen LogP contribution in [0.4, 0.5) is 0 Å². The van der Waals surface area contributed by atoms with E-state index in [1.165, 1.54) is 0 Å². The molecule has 4 aromatic rings. The van der Waals surface area contributed by atoms with Crippen molar-refractivity contribution in [1.29, 1.82) is 0 Å². The lowest BCUT2D eigenvalue weighted by Crippen LogP contribution is -2.25. The zero-order valence-electron chi connectivity index (χ0n) is 24.2. The number of rotatable bonds is 14. The van der Waals surface area contributed by atoms with E-state index < -0.39 is 12.2 Å². The molecule has 4 aromatic carbocycles. The van der Waals surface area contributed by atoms with E-state index >= 15 is 0 Å². The smallest absolute Gasteiger partial charge is 0.122 e. The third kappa shape index (κ3) is 9.00. The number of benzene rings is 4. The zero-order valence-corrected chi connectivity index (χ0v) is 24.2. The molecule has 216 valence electrons. The fraction of sp³-hybridized carbons (Fsp3) is 0.314. The van der Waals surface area contributed by atoms with Crippen LogP contribution < -0.4 is 18.9 Å². The molecule has 6 heteroatoms. The van der Waals surface area contributed by atoms with E-state index in [0.29, 0.717) is 11.5 Å². The van der Waals surface area contributed by atoms with Gasteiger partial charge in [0.2, 0.25) is 0 Å². The van der Waals surface area contributed by atoms with Gasteiger partial charge in [0.1, 0.15) is 61.6 Å². The highest BCUT2D eigenvalue weighted by atomic mass is 16.5. The van der Waals surface area contributed by atoms with Gasteiger partial charge in [0, 0.05) is 5.41 Å². The van der Waals surface area contributed by atoms with Crippen molar-refractivity contribution in [3.63, 3.8) is 0 Å². The molecule has 41 heavy (non-hydrogen) atoms. The third-order valence-corrected chi connectivity index (χ3v) is 6.96. The molecule has 0 saturated carbocycles. The standard InChI is InChI=1S/C35H40O6/c1-25-5-13-31(14-6-25)38-21-29(36)23-40-33-17-9-27(10-18-33)35(3,4)28-11-19-34(20-12-28)41-24-30(37)22-39-32-15-7-26(2)8-16-32/h5-20,29-30,36-37H,21-24H2,1-4H3. The monoisotopic (exact) mass is 556 g/mol. The van der Waals surface area contributed by atoms with Crippen molar-refractivity contribution >= 4 is 0 Å². The minimum atomic E-state index is -0.741. The number of aliphatic hydroxyl groups is 2. The summed E-state index contributed by atoms with van der Waals surface area (Å²) in [4.78, 5) is 0. The molecule has 0 saturated heterocycles. The van der Waals surface area contributed by atoms with Gasteiger partial charge in [-0.2, -0.15) is 0 Å². The van der Waals surface area contributed by atoms with Crippen LogP contribution in [0, 0.1) is 13.8 Å². The molecule has 6 nitrogen and oxygen atoms in total. The minimum Gasteiger partial charge on any atom is -0.491 e. The Kier molecular flexibility index (Phi) is 10.3. The van der Waals surface area contributed by atoms with Gasteiger partial charge in [-0.15, -0.1) is 0 Å². The van der Waals surface area contributed by atoms with Crippen LogP contribution in [0.15, 0.2) is 97.1 Å². The quantitative estimate of drug-likeness (QED) is 0.191. The normalized spacial score (nSPS) is 12.8. The number of hydrogen-bond donors (Lipinski definition) is 2. The predicted molar refractivity (Wildman–Crippen MR) is 161 cm³/mol. The summed E-state index contributed by atoms with van der Waals surface area (Å²) >= 11 is 0. The van der Waals surface area contributed by atoms with Crippen LogP contribution in [-0.2, 0) is 5.41 Å². The molecule has 0 heterocycles. The second-order valence-corrected chi connectivity index (χ2v) is 10.9. The van der Waals surface area contributed by atoms with Gasteiger partial charge < -0.3 is 29.2 Å². The van der Waals surface area contributed by atoms with Gasteiger partial charge in [-0.1, -0.05) is 73.5 Å². The summed E-state index contributed by atoms with van der Waals surface area (Å²) in [7, 11) is 0. The van der Waals surface area contributed by atoms with Crippen LogP contribution in [0.1, 0.15) is 36.1 Å². The Morgan fingerprint density at radius 1 is 0.463 bits per heavy atom. The van der Waals surface area contributed by atoms with E-state index in [4.69, 9.17) is 18.9 Å². The molecule has 4 rings (SSSR count). The number of ether oxygens (including phenoxy) is 4. The van der Waals surface area contributed by atoms with Crippen molar-refractivity contribution in [3.8, 4) is 23.0 Å². The first kappa shape index (κ1) is 30.0. The Labute approximate surface area is 243 Å². The Hall–Kier alpha value is -4.00. The summed E-state index contributed by atoms with van der Waals surface area (Å²) in [5, 5.41) is 20.5. The molecule has 0 aliphatic carbocycles. The highest BCUT2D eigenvalue weighted by molar-refractivity contribution is 5.42. The lowest BCUT2D eigenvalue weighted by Gasteiger charge is -2.26. The summed E-state index contributed by atoms with van der Waals surface area (Å²) in [5.41, 5.74) is 4.33. The first-order chi connectivity index (χ1) is 19.7. The zero-order chi connectivity index (χ0) is 29.2. The van der Waals surface area contributed by atoms with Gasteiger partial charge in [0.25, 0.3) is 0 Å². The van der Waals surface area contributed by atoms with Crippen molar-refractivity contribution in [2.24, 2.45) is 0 Å². The van der Waals surface area contributed by atoms with Crippen molar-refractivity contribution in [1.82, 2.24) is 0 Å². The van der Waals surface area contributed by atoms with Crippen LogP contribution in [0.3, 0.4) is 0 Å². The maximum Gasteiger partial charge on any atom is 0.122 e. The lowest BCUT2D eigenvalue weighted by molar-refractivity contribution is 0.0626. The molecular formula is C35H40O6. The maximum absolute atomic E-state index is 10.3. The van der Waals surface area contributed by atoms with Crippen molar-refractivity contribution < 1.29 is 29.2 Å². The fourth-order valence-electron chi connectivity index (χ4n) is 4.24. The molecule has 0 amide bonds. The van der Waals surface area contributed by atoms with E-state index in [2.05, 4.69) is 13.8 Å². The topological polar surface area (TPSA) is 77.4 Å². The molecule has 0 fully saturated rings. The highest BCUT2D eigenvalue weighted by Gasteiger charge is 2.23.